The Morgan fingerprint density at radius 2 is 2.15 bits per heavy atom. The smallest absolute Gasteiger partial charge is 0.0948 e. The highest BCUT2D eigenvalue weighted by molar-refractivity contribution is 4.97. The molecule has 0 saturated carbocycles. The van der Waals surface area contributed by atoms with Crippen LogP contribution >= 0.6 is 0 Å². The first kappa shape index (κ1) is 10.3. The number of nitrogens with zero attached hydrogens (tertiary/aromatic N) is 2. The van der Waals surface area contributed by atoms with Crippen LogP contribution in [0.2, 0.25) is 0 Å². The van der Waals surface area contributed by atoms with Gasteiger partial charge in [-0.2, -0.15) is 0 Å². The highest BCUT2D eigenvalue weighted by atomic mass is 15.0. The van der Waals surface area contributed by atoms with Crippen LogP contribution in [0.15, 0.2) is 12.5 Å². The largest absolute Gasteiger partial charge is 0.333 e. The predicted octanol–water partition coefficient (Wildman–Crippen LogP) is 1.78. The zero-order valence-corrected chi connectivity index (χ0v) is 8.75. The molecule has 1 aromatic rings. The van der Waals surface area contributed by atoms with Crippen molar-refractivity contribution in [3.05, 3.63) is 18.2 Å². The van der Waals surface area contributed by atoms with Gasteiger partial charge in [0.25, 0.3) is 0 Å². The molecule has 1 rings (SSSR count). The van der Waals surface area contributed by atoms with E-state index in [1.54, 1.807) is 0 Å². The van der Waals surface area contributed by atoms with E-state index in [9.17, 15) is 0 Å². The first-order valence-corrected chi connectivity index (χ1v) is 4.72. The van der Waals surface area contributed by atoms with Crippen LogP contribution in [0.5, 0.6) is 0 Å². The Kier molecular flexibility index (Phi) is 3.09. The monoisotopic (exact) mass is 181 g/mol. The third kappa shape index (κ3) is 3.19. The minimum Gasteiger partial charge on any atom is -0.333 e. The fraction of sp³-hybridized carbons (Fsp3) is 0.700. The van der Waals surface area contributed by atoms with Crippen molar-refractivity contribution in [1.82, 2.24) is 9.55 Å². The van der Waals surface area contributed by atoms with Crippen LogP contribution in [-0.2, 0) is 13.1 Å². The third-order valence-electron chi connectivity index (χ3n) is 2.11. The number of aryl methyl sites for hydroxylation is 1. The summed E-state index contributed by atoms with van der Waals surface area (Å²) < 4.78 is 2.13. The molecule has 0 aromatic carbocycles. The van der Waals surface area contributed by atoms with Crippen molar-refractivity contribution in [3.63, 3.8) is 0 Å². The van der Waals surface area contributed by atoms with E-state index in [-0.39, 0.29) is 0 Å². The molecule has 0 amide bonds. The molecule has 0 spiro atoms. The maximum atomic E-state index is 5.57. The second kappa shape index (κ2) is 3.92. The molecule has 0 bridgehead atoms. The Hall–Kier alpha value is -0.830. The van der Waals surface area contributed by atoms with Crippen LogP contribution in [0.25, 0.3) is 0 Å². The van der Waals surface area contributed by atoms with Gasteiger partial charge in [-0.25, -0.2) is 4.98 Å². The summed E-state index contributed by atoms with van der Waals surface area (Å²) in [5.74, 6) is 0. The van der Waals surface area contributed by atoms with Gasteiger partial charge in [0, 0.05) is 19.3 Å². The number of hydrogen-bond donors (Lipinski definition) is 1. The lowest BCUT2D eigenvalue weighted by Gasteiger charge is -2.18. The molecule has 1 aromatic heterocycles. The summed E-state index contributed by atoms with van der Waals surface area (Å²) in [7, 11) is 0. The summed E-state index contributed by atoms with van der Waals surface area (Å²) in [6.45, 7) is 8.31. The van der Waals surface area contributed by atoms with Crippen LogP contribution in [-0.4, -0.2) is 9.55 Å². The van der Waals surface area contributed by atoms with Gasteiger partial charge >= 0.3 is 0 Å². The van der Waals surface area contributed by atoms with Crippen LogP contribution in [0.1, 0.15) is 32.9 Å². The van der Waals surface area contributed by atoms with E-state index >= 15 is 0 Å². The van der Waals surface area contributed by atoms with Gasteiger partial charge in [0.15, 0.2) is 0 Å². The molecule has 2 N–H and O–H groups in total. The van der Waals surface area contributed by atoms with Crippen LogP contribution < -0.4 is 5.73 Å². The lowest BCUT2D eigenvalue weighted by molar-refractivity contribution is 0.348. The van der Waals surface area contributed by atoms with Crippen molar-refractivity contribution in [2.75, 3.05) is 0 Å². The summed E-state index contributed by atoms with van der Waals surface area (Å²) >= 11 is 0. The normalized spacial score (nSPS) is 12.0. The number of nitrogens with two attached hydrogens (primary N) is 1. The Morgan fingerprint density at radius 1 is 1.46 bits per heavy atom. The summed E-state index contributed by atoms with van der Waals surface area (Å²) in [4.78, 5) is 4.08. The van der Waals surface area contributed by atoms with Gasteiger partial charge in [-0.3, -0.25) is 0 Å². The summed E-state index contributed by atoms with van der Waals surface area (Å²) in [5.41, 5.74) is 7.06. The van der Waals surface area contributed by atoms with Crippen LogP contribution in [0.3, 0.4) is 0 Å². The molecule has 0 aliphatic carbocycles. The number of imidazole rings is 1. The molecule has 1 heterocycles. The van der Waals surface area contributed by atoms with Gasteiger partial charge in [-0.1, -0.05) is 20.8 Å². The summed E-state index contributed by atoms with van der Waals surface area (Å²) in [6.07, 6.45) is 4.84. The number of aromatic nitrogens is 2. The first-order valence-electron chi connectivity index (χ1n) is 4.72. The zero-order chi connectivity index (χ0) is 9.90. The SMILES string of the molecule is CC(C)(C)CCn1cncc1CN. The minimum atomic E-state index is 0.371. The molecule has 0 fully saturated rings. The lowest BCUT2D eigenvalue weighted by atomic mass is 9.92. The molecule has 3 heteroatoms. The van der Waals surface area contributed by atoms with E-state index in [0.717, 1.165) is 18.7 Å². The Balaban J connectivity index is 2.54. The molecule has 0 aliphatic rings. The average molecular weight is 181 g/mol. The van der Waals surface area contributed by atoms with E-state index in [1.165, 1.54) is 0 Å². The third-order valence-corrected chi connectivity index (χ3v) is 2.11. The Labute approximate surface area is 80.0 Å². The number of rotatable bonds is 3. The molecule has 0 aliphatic heterocycles. The first-order chi connectivity index (χ1) is 6.03. The molecule has 0 saturated heterocycles. The van der Waals surface area contributed by atoms with E-state index in [4.69, 9.17) is 5.73 Å². The quantitative estimate of drug-likeness (QED) is 0.772. The van der Waals surface area contributed by atoms with Gasteiger partial charge in [0.1, 0.15) is 0 Å². The zero-order valence-electron chi connectivity index (χ0n) is 8.75. The van der Waals surface area contributed by atoms with Gasteiger partial charge in [-0.15, -0.1) is 0 Å². The molecule has 0 radical (unpaired) electrons. The van der Waals surface area contributed by atoms with Crippen molar-refractivity contribution in [1.29, 1.82) is 0 Å². The summed E-state index contributed by atoms with van der Waals surface area (Å²) in [6, 6.07) is 0. The van der Waals surface area contributed by atoms with Crippen LogP contribution in [0, 0.1) is 5.41 Å². The molecule has 74 valence electrons. The van der Waals surface area contributed by atoms with E-state index in [0.29, 0.717) is 12.0 Å². The van der Waals surface area contributed by atoms with Gasteiger partial charge in [0.05, 0.1) is 12.0 Å². The molecule has 0 atom stereocenters. The maximum absolute atomic E-state index is 5.57. The Bertz CT molecular complexity index is 257. The second-order valence-corrected chi connectivity index (χ2v) is 4.59. The van der Waals surface area contributed by atoms with Crippen molar-refractivity contribution >= 4 is 0 Å². The van der Waals surface area contributed by atoms with Crippen LogP contribution in [0.4, 0.5) is 0 Å². The van der Waals surface area contributed by atoms with Crippen molar-refractivity contribution < 1.29 is 0 Å². The molecular formula is C10H19N3. The van der Waals surface area contributed by atoms with Crippen molar-refractivity contribution in [2.45, 2.75) is 40.3 Å². The minimum absolute atomic E-state index is 0.371. The fourth-order valence-corrected chi connectivity index (χ4v) is 1.18. The molecule has 13 heavy (non-hydrogen) atoms. The van der Waals surface area contributed by atoms with Gasteiger partial charge in [-0.05, 0) is 11.8 Å². The highest BCUT2D eigenvalue weighted by Crippen LogP contribution is 2.19. The topological polar surface area (TPSA) is 43.8 Å². The second-order valence-electron chi connectivity index (χ2n) is 4.59. The van der Waals surface area contributed by atoms with Gasteiger partial charge < -0.3 is 10.3 Å². The fourth-order valence-electron chi connectivity index (χ4n) is 1.18. The standard InChI is InChI=1S/C10H19N3/c1-10(2,3)4-5-13-8-12-7-9(13)6-11/h7-8H,4-6,11H2,1-3H3. The molecule has 3 nitrogen and oxygen atoms in total. The lowest BCUT2D eigenvalue weighted by Crippen LogP contribution is -2.12. The summed E-state index contributed by atoms with van der Waals surface area (Å²) in [5, 5.41) is 0. The van der Waals surface area contributed by atoms with E-state index < -0.39 is 0 Å². The predicted molar refractivity (Wildman–Crippen MR) is 54.2 cm³/mol. The van der Waals surface area contributed by atoms with Crippen molar-refractivity contribution in [3.8, 4) is 0 Å². The highest BCUT2D eigenvalue weighted by Gasteiger charge is 2.10. The molecular weight excluding hydrogens is 162 g/mol. The van der Waals surface area contributed by atoms with E-state index in [2.05, 4.69) is 30.3 Å². The number of hydrogen-bond acceptors (Lipinski definition) is 2. The van der Waals surface area contributed by atoms with E-state index in [1.807, 2.05) is 12.5 Å². The average Bonchev–Trinajstić information content (AvgIpc) is 2.46. The molecule has 0 unspecified atom stereocenters. The maximum Gasteiger partial charge on any atom is 0.0948 e. The van der Waals surface area contributed by atoms with Crippen molar-refractivity contribution in [2.24, 2.45) is 11.1 Å². The van der Waals surface area contributed by atoms with Gasteiger partial charge in [0.2, 0.25) is 0 Å². The Morgan fingerprint density at radius 3 is 2.69 bits per heavy atom.